The van der Waals surface area contributed by atoms with E-state index in [0.29, 0.717) is 6.04 Å². The molecule has 68 valence electrons. The van der Waals surface area contributed by atoms with Gasteiger partial charge in [-0.05, 0) is 38.5 Å². The van der Waals surface area contributed by atoms with Crippen LogP contribution in [0.3, 0.4) is 0 Å². The Bertz CT molecular complexity index is 177. The maximum Gasteiger partial charge on any atom is 0.0474 e. The van der Waals surface area contributed by atoms with Crippen LogP contribution in [0.5, 0.6) is 0 Å². The van der Waals surface area contributed by atoms with Crippen LogP contribution in [0.15, 0.2) is 4.99 Å². The Kier molecular flexibility index (Phi) is 2.48. The fraction of sp³-hybridized carbons (Fsp3) is 0.909. The lowest BCUT2D eigenvalue weighted by atomic mass is 9.85. The Morgan fingerprint density at radius 3 is 2.42 bits per heavy atom. The standard InChI is InChI=1S/C11H19N/c1-9-7-8-11(12-9)10-5-3-2-4-6-10/h9-10H,2-8H2,1H3. The van der Waals surface area contributed by atoms with Gasteiger partial charge < -0.3 is 0 Å². The van der Waals surface area contributed by atoms with Gasteiger partial charge in [-0.25, -0.2) is 0 Å². The number of nitrogens with zero attached hydrogens (tertiary/aromatic N) is 1. The Morgan fingerprint density at radius 2 is 1.83 bits per heavy atom. The van der Waals surface area contributed by atoms with Crippen LogP contribution < -0.4 is 0 Å². The second kappa shape index (κ2) is 3.59. The quantitative estimate of drug-likeness (QED) is 0.566. The highest BCUT2D eigenvalue weighted by atomic mass is 14.8. The van der Waals surface area contributed by atoms with Crippen molar-refractivity contribution in [3.05, 3.63) is 0 Å². The first-order valence-corrected chi connectivity index (χ1v) is 5.43. The summed E-state index contributed by atoms with van der Waals surface area (Å²) in [4.78, 5) is 4.73. The third kappa shape index (κ3) is 1.70. The number of hydrogen-bond acceptors (Lipinski definition) is 1. The highest BCUT2D eigenvalue weighted by Crippen LogP contribution is 2.29. The maximum absolute atomic E-state index is 4.73. The van der Waals surface area contributed by atoms with Crippen LogP contribution in [0.1, 0.15) is 51.9 Å². The monoisotopic (exact) mass is 165 g/mol. The molecule has 1 fully saturated rings. The Labute approximate surface area is 75.3 Å². The molecule has 1 aliphatic carbocycles. The van der Waals surface area contributed by atoms with E-state index < -0.39 is 0 Å². The summed E-state index contributed by atoms with van der Waals surface area (Å²) in [5.74, 6) is 0.878. The Balaban J connectivity index is 1.94. The lowest BCUT2D eigenvalue weighted by Gasteiger charge is -2.21. The molecule has 0 amide bonds. The molecule has 0 radical (unpaired) electrons. The molecule has 1 heteroatoms. The molecule has 1 saturated carbocycles. The zero-order valence-electron chi connectivity index (χ0n) is 8.05. The predicted octanol–water partition coefficient (Wildman–Crippen LogP) is 3.19. The smallest absolute Gasteiger partial charge is 0.0474 e. The van der Waals surface area contributed by atoms with Crippen LogP contribution in [-0.2, 0) is 0 Å². The Morgan fingerprint density at radius 1 is 1.08 bits per heavy atom. The molecular formula is C11H19N. The van der Waals surface area contributed by atoms with Crippen molar-refractivity contribution >= 4 is 5.71 Å². The molecule has 1 atom stereocenters. The van der Waals surface area contributed by atoms with E-state index in [1.54, 1.807) is 5.71 Å². The van der Waals surface area contributed by atoms with E-state index in [-0.39, 0.29) is 0 Å². The third-order valence-corrected chi connectivity index (χ3v) is 3.28. The molecule has 12 heavy (non-hydrogen) atoms. The van der Waals surface area contributed by atoms with Gasteiger partial charge in [0.05, 0.1) is 0 Å². The van der Waals surface area contributed by atoms with E-state index in [1.807, 2.05) is 0 Å². The fourth-order valence-corrected chi connectivity index (χ4v) is 2.51. The van der Waals surface area contributed by atoms with Crippen LogP contribution in [-0.4, -0.2) is 11.8 Å². The van der Waals surface area contributed by atoms with E-state index in [0.717, 1.165) is 5.92 Å². The summed E-state index contributed by atoms with van der Waals surface area (Å²) in [6, 6.07) is 0.627. The highest BCUT2D eigenvalue weighted by molar-refractivity contribution is 5.88. The van der Waals surface area contributed by atoms with Crippen LogP contribution in [0.4, 0.5) is 0 Å². The first kappa shape index (κ1) is 8.28. The molecule has 1 nitrogen and oxygen atoms in total. The minimum Gasteiger partial charge on any atom is -0.291 e. The molecule has 1 heterocycles. The predicted molar refractivity (Wildman–Crippen MR) is 52.7 cm³/mol. The van der Waals surface area contributed by atoms with Crippen LogP contribution in [0.2, 0.25) is 0 Å². The normalized spacial score (nSPS) is 32.1. The van der Waals surface area contributed by atoms with Gasteiger partial charge in [-0.3, -0.25) is 4.99 Å². The zero-order valence-corrected chi connectivity index (χ0v) is 8.05. The molecule has 0 N–H and O–H groups in total. The average molecular weight is 165 g/mol. The summed E-state index contributed by atoms with van der Waals surface area (Å²) in [6.07, 6.45) is 9.80. The van der Waals surface area contributed by atoms with Crippen molar-refractivity contribution in [1.29, 1.82) is 0 Å². The van der Waals surface area contributed by atoms with Crippen LogP contribution >= 0.6 is 0 Å². The molecule has 0 aromatic rings. The first-order valence-electron chi connectivity index (χ1n) is 5.43. The van der Waals surface area contributed by atoms with Crippen molar-refractivity contribution in [3.63, 3.8) is 0 Å². The van der Waals surface area contributed by atoms with Gasteiger partial charge in [0.25, 0.3) is 0 Å². The summed E-state index contributed by atoms with van der Waals surface area (Å²) in [5.41, 5.74) is 1.56. The second-order valence-electron chi connectivity index (χ2n) is 4.34. The molecular weight excluding hydrogens is 146 g/mol. The Hall–Kier alpha value is -0.330. The maximum atomic E-state index is 4.73. The lowest BCUT2D eigenvalue weighted by Crippen LogP contribution is -2.15. The van der Waals surface area contributed by atoms with E-state index in [9.17, 15) is 0 Å². The first-order chi connectivity index (χ1) is 5.86. The minimum atomic E-state index is 0.627. The molecule has 0 saturated heterocycles. The summed E-state index contributed by atoms with van der Waals surface area (Å²) in [5, 5.41) is 0. The largest absolute Gasteiger partial charge is 0.291 e. The van der Waals surface area contributed by atoms with Gasteiger partial charge in [-0.2, -0.15) is 0 Å². The van der Waals surface area contributed by atoms with E-state index >= 15 is 0 Å². The molecule has 2 rings (SSSR count). The van der Waals surface area contributed by atoms with Crippen molar-refractivity contribution in [2.45, 2.75) is 57.9 Å². The lowest BCUT2D eigenvalue weighted by molar-refractivity contribution is 0.437. The third-order valence-electron chi connectivity index (χ3n) is 3.28. The number of rotatable bonds is 1. The molecule has 0 aromatic carbocycles. The summed E-state index contributed by atoms with van der Waals surface area (Å²) in [6.45, 7) is 2.25. The van der Waals surface area contributed by atoms with Crippen molar-refractivity contribution in [1.82, 2.24) is 0 Å². The van der Waals surface area contributed by atoms with Gasteiger partial charge in [0.15, 0.2) is 0 Å². The molecule has 1 unspecified atom stereocenters. The zero-order chi connectivity index (χ0) is 8.39. The fourth-order valence-electron chi connectivity index (χ4n) is 2.51. The van der Waals surface area contributed by atoms with E-state index in [2.05, 4.69) is 6.92 Å². The molecule has 0 aromatic heterocycles. The molecule has 0 spiro atoms. The van der Waals surface area contributed by atoms with Gasteiger partial charge >= 0.3 is 0 Å². The number of aliphatic imine (C=N–C) groups is 1. The van der Waals surface area contributed by atoms with E-state index in [1.165, 1.54) is 44.9 Å². The topological polar surface area (TPSA) is 12.4 Å². The van der Waals surface area contributed by atoms with Crippen molar-refractivity contribution in [2.24, 2.45) is 10.9 Å². The SMILES string of the molecule is CC1CCC(C2CCCCC2)=N1. The van der Waals surface area contributed by atoms with Gasteiger partial charge in [-0.15, -0.1) is 0 Å². The summed E-state index contributed by atoms with van der Waals surface area (Å²) in [7, 11) is 0. The van der Waals surface area contributed by atoms with E-state index in [4.69, 9.17) is 4.99 Å². The van der Waals surface area contributed by atoms with Gasteiger partial charge in [0.1, 0.15) is 0 Å². The van der Waals surface area contributed by atoms with Gasteiger partial charge in [-0.1, -0.05) is 19.3 Å². The molecule has 2 aliphatic rings. The molecule has 0 bridgehead atoms. The van der Waals surface area contributed by atoms with Gasteiger partial charge in [0, 0.05) is 11.8 Å². The highest BCUT2D eigenvalue weighted by Gasteiger charge is 2.23. The average Bonchev–Trinajstić information content (AvgIpc) is 2.54. The van der Waals surface area contributed by atoms with Crippen molar-refractivity contribution < 1.29 is 0 Å². The van der Waals surface area contributed by atoms with Gasteiger partial charge in [0.2, 0.25) is 0 Å². The number of hydrogen-bond donors (Lipinski definition) is 0. The minimum absolute atomic E-state index is 0.627. The molecule has 1 aliphatic heterocycles. The van der Waals surface area contributed by atoms with Crippen molar-refractivity contribution in [2.75, 3.05) is 0 Å². The summed E-state index contributed by atoms with van der Waals surface area (Å²) < 4.78 is 0. The summed E-state index contributed by atoms with van der Waals surface area (Å²) >= 11 is 0. The second-order valence-corrected chi connectivity index (χ2v) is 4.34. The van der Waals surface area contributed by atoms with Crippen LogP contribution in [0, 0.1) is 5.92 Å². The van der Waals surface area contributed by atoms with Crippen LogP contribution in [0.25, 0.3) is 0 Å². The van der Waals surface area contributed by atoms with Crippen molar-refractivity contribution in [3.8, 4) is 0 Å².